The Balaban J connectivity index is 2.29. The summed E-state index contributed by atoms with van der Waals surface area (Å²) >= 11 is 0. The minimum Gasteiger partial charge on any atom is -0.469 e. The van der Waals surface area contributed by atoms with Crippen LogP contribution in [0.15, 0.2) is 0 Å². The van der Waals surface area contributed by atoms with Crippen molar-refractivity contribution in [3.8, 4) is 0 Å². The summed E-state index contributed by atoms with van der Waals surface area (Å²) in [6.45, 7) is 11.4. The molecule has 2 rings (SSSR count). The second kappa shape index (κ2) is 5.69. The molecule has 0 amide bonds. The van der Waals surface area contributed by atoms with Crippen molar-refractivity contribution in [2.24, 2.45) is 11.8 Å². The van der Waals surface area contributed by atoms with E-state index in [2.05, 4.69) is 33.9 Å². The SMILES string of the molecule is COC(=O)[C@@H]1C[C@@H]2CCCCC[C@@]21O[Si](C)(C)C(C)(C)C. The van der Waals surface area contributed by atoms with Gasteiger partial charge in [-0.25, -0.2) is 0 Å². The van der Waals surface area contributed by atoms with E-state index in [9.17, 15) is 4.79 Å². The first-order valence-electron chi connectivity index (χ1n) is 8.42. The summed E-state index contributed by atoms with van der Waals surface area (Å²) in [6.07, 6.45) is 6.93. The Morgan fingerprint density at radius 2 is 1.86 bits per heavy atom. The van der Waals surface area contributed by atoms with E-state index in [4.69, 9.17) is 9.16 Å². The normalized spacial score (nSPS) is 33.6. The molecular formula is C17H32O3Si. The van der Waals surface area contributed by atoms with E-state index in [0.717, 1.165) is 12.8 Å². The number of esters is 1. The summed E-state index contributed by atoms with van der Waals surface area (Å²) in [5.74, 6) is 0.449. The van der Waals surface area contributed by atoms with Crippen LogP contribution in [0.3, 0.4) is 0 Å². The van der Waals surface area contributed by atoms with Crippen molar-refractivity contribution in [1.82, 2.24) is 0 Å². The zero-order chi connectivity index (χ0) is 15.9. The summed E-state index contributed by atoms with van der Waals surface area (Å²) < 4.78 is 11.9. The van der Waals surface area contributed by atoms with Gasteiger partial charge >= 0.3 is 5.97 Å². The maximum Gasteiger partial charge on any atom is 0.311 e. The van der Waals surface area contributed by atoms with Gasteiger partial charge in [0.25, 0.3) is 0 Å². The largest absolute Gasteiger partial charge is 0.469 e. The number of methoxy groups -OCH3 is 1. The van der Waals surface area contributed by atoms with Gasteiger partial charge in [-0.15, -0.1) is 0 Å². The van der Waals surface area contributed by atoms with Gasteiger partial charge in [0.2, 0.25) is 0 Å². The third-order valence-corrected chi connectivity index (χ3v) is 10.7. The van der Waals surface area contributed by atoms with Gasteiger partial charge in [-0.05, 0) is 43.3 Å². The maximum absolute atomic E-state index is 12.2. The number of ether oxygens (including phenoxy) is 1. The fraction of sp³-hybridized carbons (Fsp3) is 0.941. The highest BCUT2D eigenvalue weighted by Gasteiger charge is 2.62. The van der Waals surface area contributed by atoms with E-state index in [-0.39, 0.29) is 22.5 Å². The Labute approximate surface area is 130 Å². The van der Waals surface area contributed by atoms with Crippen molar-refractivity contribution in [3.05, 3.63) is 0 Å². The predicted octanol–water partition coefficient (Wildman–Crippen LogP) is 4.52. The number of hydrogen-bond donors (Lipinski definition) is 0. The van der Waals surface area contributed by atoms with Crippen LogP contribution in [0.25, 0.3) is 0 Å². The molecule has 122 valence electrons. The van der Waals surface area contributed by atoms with Gasteiger partial charge in [-0.1, -0.05) is 40.0 Å². The van der Waals surface area contributed by atoms with Gasteiger partial charge in [0.1, 0.15) is 0 Å². The fourth-order valence-electron chi connectivity index (χ4n) is 3.79. The van der Waals surface area contributed by atoms with Crippen LogP contribution in [0.2, 0.25) is 18.1 Å². The number of rotatable bonds is 3. The van der Waals surface area contributed by atoms with Gasteiger partial charge < -0.3 is 9.16 Å². The van der Waals surface area contributed by atoms with Crippen molar-refractivity contribution in [1.29, 1.82) is 0 Å². The quantitative estimate of drug-likeness (QED) is 0.568. The third-order valence-electron chi connectivity index (χ3n) is 6.16. The molecule has 0 N–H and O–H groups in total. The van der Waals surface area contributed by atoms with Crippen molar-refractivity contribution in [2.45, 2.75) is 83.0 Å². The highest BCUT2D eigenvalue weighted by molar-refractivity contribution is 6.74. The van der Waals surface area contributed by atoms with E-state index in [1.54, 1.807) is 0 Å². The zero-order valence-corrected chi connectivity index (χ0v) is 15.6. The highest BCUT2D eigenvalue weighted by Crippen LogP contribution is 2.57. The van der Waals surface area contributed by atoms with Crippen LogP contribution in [-0.2, 0) is 14.0 Å². The topological polar surface area (TPSA) is 35.5 Å². The number of hydrogen-bond acceptors (Lipinski definition) is 3. The lowest BCUT2D eigenvalue weighted by molar-refractivity contribution is -0.185. The summed E-state index contributed by atoms with van der Waals surface area (Å²) in [5.41, 5.74) is -0.230. The van der Waals surface area contributed by atoms with Crippen molar-refractivity contribution >= 4 is 14.3 Å². The van der Waals surface area contributed by atoms with Crippen LogP contribution < -0.4 is 0 Å². The van der Waals surface area contributed by atoms with Crippen LogP contribution in [0.4, 0.5) is 0 Å². The molecule has 2 fully saturated rings. The molecule has 0 heterocycles. The molecule has 2 aliphatic carbocycles. The molecule has 3 atom stereocenters. The average molecular weight is 313 g/mol. The first-order chi connectivity index (χ1) is 9.64. The second-order valence-electron chi connectivity index (χ2n) is 8.43. The molecule has 0 aromatic heterocycles. The molecule has 2 saturated carbocycles. The maximum atomic E-state index is 12.2. The van der Waals surface area contributed by atoms with E-state index in [1.807, 2.05) is 0 Å². The summed E-state index contributed by atoms with van der Waals surface area (Å²) in [6, 6.07) is 0. The second-order valence-corrected chi connectivity index (χ2v) is 13.1. The van der Waals surface area contributed by atoms with Gasteiger partial charge in [0.05, 0.1) is 18.6 Å². The van der Waals surface area contributed by atoms with E-state index in [0.29, 0.717) is 5.92 Å². The Kier molecular flexibility index (Phi) is 4.61. The Hall–Kier alpha value is -0.353. The van der Waals surface area contributed by atoms with Crippen molar-refractivity contribution < 1.29 is 14.0 Å². The number of carbonyl (C=O) groups excluding carboxylic acids is 1. The number of fused-ring (bicyclic) bond motifs is 1. The summed E-state index contributed by atoms with van der Waals surface area (Å²) in [7, 11) is -0.379. The molecule has 2 aliphatic rings. The average Bonchev–Trinajstić information content (AvgIpc) is 2.50. The van der Waals surface area contributed by atoms with Gasteiger partial charge in [-0.3, -0.25) is 4.79 Å². The van der Waals surface area contributed by atoms with E-state index >= 15 is 0 Å². The van der Waals surface area contributed by atoms with Crippen molar-refractivity contribution in [2.75, 3.05) is 7.11 Å². The minimum atomic E-state index is -1.89. The highest BCUT2D eigenvalue weighted by atomic mass is 28.4. The molecule has 0 aromatic rings. The van der Waals surface area contributed by atoms with Gasteiger partial charge in [0.15, 0.2) is 8.32 Å². The fourth-order valence-corrected chi connectivity index (χ4v) is 5.46. The van der Waals surface area contributed by atoms with E-state index in [1.165, 1.54) is 32.8 Å². The predicted molar refractivity (Wildman–Crippen MR) is 87.7 cm³/mol. The zero-order valence-electron chi connectivity index (χ0n) is 14.6. The lowest BCUT2D eigenvalue weighted by atomic mass is 9.58. The summed E-state index contributed by atoms with van der Waals surface area (Å²) in [4.78, 5) is 12.2. The van der Waals surface area contributed by atoms with Crippen LogP contribution in [0.5, 0.6) is 0 Å². The summed E-state index contributed by atoms with van der Waals surface area (Å²) in [5, 5.41) is 0.175. The number of carbonyl (C=O) groups is 1. The molecule has 0 saturated heterocycles. The first-order valence-corrected chi connectivity index (χ1v) is 11.3. The molecule has 21 heavy (non-hydrogen) atoms. The monoisotopic (exact) mass is 312 g/mol. The molecular weight excluding hydrogens is 280 g/mol. The van der Waals surface area contributed by atoms with Gasteiger partial charge in [0, 0.05) is 0 Å². The Morgan fingerprint density at radius 3 is 2.43 bits per heavy atom. The lowest BCUT2D eigenvalue weighted by Gasteiger charge is -2.58. The minimum absolute atomic E-state index is 0.0419. The first kappa shape index (κ1) is 17.0. The molecule has 0 bridgehead atoms. The molecule has 0 unspecified atom stereocenters. The van der Waals surface area contributed by atoms with Crippen LogP contribution in [0.1, 0.15) is 59.3 Å². The van der Waals surface area contributed by atoms with Crippen LogP contribution in [-0.4, -0.2) is 27.0 Å². The van der Waals surface area contributed by atoms with Crippen LogP contribution in [0, 0.1) is 11.8 Å². The molecule has 0 aliphatic heterocycles. The van der Waals surface area contributed by atoms with Crippen molar-refractivity contribution in [3.63, 3.8) is 0 Å². The van der Waals surface area contributed by atoms with Crippen LogP contribution >= 0.6 is 0 Å². The third kappa shape index (κ3) is 2.94. The standard InChI is InChI=1S/C17H32O3Si/c1-16(2,3)21(5,6)20-17-11-9-7-8-10-13(17)12-14(17)15(18)19-4/h13-14H,7-12H2,1-6H3/t13-,14-,17+/m0/s1. The molecule has 0 aromatic carbocycles. The lowest BCUT2D eigenvalue weighted by Crippen LogP contribution is -2.65. The molecule has 4 heteroatoms. The molecule has 0 spiro atoms. The Bertz CT molecular complexity index is 399. The van der Waals surface area contributed by atoms with Gasteiger partial charge in [-0.2, -0.15) is 0 Å². The van der Waals surface area contributed by atoms with E-state index < -0.39 is 8.32 Å². The molecule has 0 radical (unpaired) electrons. The Morgan fingerprint density at radius 1 is 1.19 bits per heavy atom. The molecule has 3 nitrogen and oxygen atoms in total. The smallest absolute Gasteiger partial charge is 0.311 e.